The lowest BCUT2D eigenvalue weighted by atomic mass is 10.2. The number of rotatable bonds is 8. The van der Waals surface area contributed by atoms with Crippen LogP contribution in [-0.4, -0.2) is 29.9 Å². The minimum absolute atomic E-state index is 0.000755. The Balaban J connectivity index is 1.84. The quantitative estimate of drug-likeness (QED) is 0.274. The van der Waals surface area contributed by atoms with Crippen LogP contribution in [0.2, 0.25) is 0 Å². The molecule has 1 aromatic heterocycles. The van der Waals surface area contributed by atoms with Crippen molar-refractivity contribution in [3.8, 4) is 11.5 Å². The Labute approximate surface area is 174 Å². The number of nitrogens with zero attached hydrogens (tertiary/aromatic N) is 6. The third-order valence-electron chi connectivity index (χ3n) is 3.72. The van der Waals surface area contributed by atoms with Crippen LogP contribution in [0, 0.1) is 40.5 Å². The predicted octanol–water partition coefficient (Wildman–Crippen LogP) is 3.66. The Morgan fingerprint density at radius 3 is 1.61 bits per heavy atom. The fourth-order valence-corrected chi connectivity index (χ4v) is 3.10. The van der Waals surface area contributed by atoms with Gasteiger partial charge in [0.1, 0.15) is 0 Å². The van der Waals surface area contributed by atoms with Gasteiger partial charge in [-0.1, -0.05) is 11.8 Å². The van der Waals surface area contributed by atoms with E-state index < -0.39 is 42.4 Å². The summed E-state index contributed by atoms with van der Waals surface area (Å²) < 4.78 is 5.34. The maximum absolute atomic E-state index is 11.0. The van der Waals surface area contributed by atoms with Crippen molar-refractivity contribution in [3.63, 3.8) is 0 Å². The molecule has 0 spiro atoms. The number of aromatic nitrogens is 2. The molecule has 0 amide bonds. The maximum atomic E-state index is 11.0. The summed E-state index contributed by atoms with van der Waals surface area (Å²) in [6.45, 7) is 0. The van der Waals surface area contributed by atoms with Crippen molar-refractivity contribution in [1.82, 2.24) is 10.2 Å². The van der Waals surface area contributed by atoms with E-state index in [4.69, 9.17) is 4.42 Å². The van der Waals surface area contributed by atoms with Crippen LogP contribution < -0.4 is 0 Å². The fourth-order valence-electron chi connectivity index (χ4n) is 2.41. The third-order valence-corrected chi connectivity index (χ3v) is 4.61. The molecule has 0 unspecified atom stereocenters. The van der Waals surface area contributed by atoms with E-state index in [2.05, 4.69) is 10.2 Å². The van der Waals surface area contributed by atoms with E-state index in [1.165, 1.54) is 0 Å². The molecule has 0 bridgehead atoms. The second kappa shape index (κ2) is 8.49. The van der Waals surface area contributed by atoms with E-state index in [1.807, 2.05) is 0 Å². The van der Waals surface area contributed by atoms with Gasteiger partial charge in [0.15, 0.2) is 0 Å². The number of hydrogen-bond acceptors (Lipinski definition) is 12. The summed E-state index contributed by atoms with van der Waals surface area (Å²) in [6.07, 6.45) is 0. The van der Waals surface area contributed by atoms with E-state index in [0.29, 0.717) is 0 Å². The van der Waals surface area contributed by atoms with Crippen molar-refractivity contribution in [2.75, 3.05) is 0 Å². The van der Waals surface area contributed by atoms with Crippen LogP contribution in [-0.2, 0) is 5.75 Å². The van der Waals surface area contributed by atoms with Crippen LogP contribution in [0.3, 0.4) is 0 Å². The molecule has 0 N–H and O–H groups in total. The lowest BCUT2D eigenvalue weighted by Gasteiger charge is -2.00. The molecule has 0 saturated carbocycles. The zero-order chi connectivity index (χ0) is 22.7. The second-order valence-corrected chi connectivity index (χ2v) is 6.71. The fraction of sp³-hybridized carbons (Fsp3) is 0.0667. The zero-order valence-corrected chi connectivity index (χ0v) is 15.8. The van der Waals surface area contributed by atoms with Crippen molar-refractivity contribution in [2.24, 2.45) is 0 Å². The average Bonchev–Trinajstić information content (AvgIpc) is 3.20. The molecule has 0 fully saturated rings. The molecule has 1 heterocycles. The molecule has 0 aliphatic heterocycles. The van der Waals surface area contributed by atoms with Crippen molar-refractivity contribution >= 4 is 34.5 Å². The Bertz CT molecular complexity index is 1160. The predicted molar refractivity (Wildman–Crippen MR) is 102 cm³/mol. The Hall–Kier alpha value is -4.47. The zero-order valence-electron chi connectivity index (χ0n) is 14.9. The molecule has 2 aromatic carbocycles. The van der Waals surface area contributed by atoms with Crippen LogP contribution in [0.5, 0.6) is 0 Å². The maximum Gasteiger partial charge on any atom is 0.277 e. The molecule has 0 radical (unpaired) electrons. The van der Waals surface area contributed by atoms with Gasteiger partial charge in [-0.25, -0.2) is 0 Å². The van der Waals surface area contributed by atoms with Gasteiger partial charge < -0.3 is 4.42 Å². The van der Waals surface area contributed by atoms with Crippen LogP contribution in [0.15, 0.2) is 46.0 Å². The first-order valence-corrected chi connectivity index (χ1v) is 8.96. The number of nitro groups is 4. The van der Waals surface area contributed by atoms with Crippen LogP contribution in [0.1, 0.15) is 5.56 Å². The Morgan fingerprint density at radius 1 is 0.710 bits per heavy atom. The summed E-state index contributed by atoms with van der Waals surface area (Å²) in [4.78, 5) is 40.7. The number of hydrogen-bond donors (Lipinski definition) is 0. The smallest absolute Gasteiger partial charge is 0.277 e. The molecule has 158 valence electrons. The Morgan fingerprint density at radius 2 is 1.16 bits per heavy atom. The average molecular weight is 448 g/mol. The van der Waals surface area contributed by atoms with E-state index in [1.54, 1.807) is 0 Å². The molecule has 3 aromatic rings. The lowest BCUT2D eigenvalue weighted by Crippen LogP contribution is -1.95. The molecular formula is C15H8N6O9S. The normalized spacial score (nSPS) is 10.6. The summed E-state index contributed by atoms with van der Waals surface area (Å²) in [7, 11) is 0. The number of non-ortho nitro benzene ring substituents is 4. The highest BCUT2D eigenvalue weighted by Gasteiger charge is 2.21. The lowest BCUT2D eigenvalue weighted by molar-refractivity contribution is -0.394. The van der Waals surface area contributed by atoms with Gasteiger partial charge in [-0.05, 0) is 5.56 Å². The van der Waals surface area contributed by atoms with Gasteiger partial charge in [-0.3, -0.25) is 40.5 Å². The number of nitro benzene ring substituents is 4. The molecule has 0 atom stereocenters. The third kappa shape index (κ3) is 4.93. The molecule has 31 heavy (non-hydrogen) atoms. The molecule has 0 aliphatic rings. The minimum atomic E-state index is -0.808. The van der Waals surface area contributed by atoms with Gasteiger partial charge in [0.25, 0.3) is 28.0 Å². The topological polar surface area (TPSA) is 211 Å². The van der Waals surface area contributed by atoms with Crippen molar-refractivity contribution < 1.29 is 24.1 Å². The van der Waals surface area contributed by atoms with Crippen LogP contribution in [0.4, 0.5) is 22.7 Å². The van der Waals surface area contributed by atoms with E-state index in [9.17, 15) is 40.5 Å². The summed E-state index contributed by atoms with van der Waals surface area (Å²) in [5.74, 6) is -0.224. The van der Waals surface area contributed by atoms with E-state index >= 15 is 0 Å². The summed E-state index contributed by atoms with van der Waals surface area (Å²) in [5.41, 5.74) is -1.80. The van der Waals surface area contributed by atoms with Gasteiger partial charge in [-0.2, -0.15) is 0 Å². The van der Waals surface area contributed by atoms with Gasteiger partial charge >= 0.3 is 0 Å². The molecule has 0 saturated heterocycles. The van der Waals surface area contributed by atoms with E-state index in [-0.39, 0.29) is 28.0 Å². The summed E-state index contributed by atoms with van der Waals surface area (Å²) in [5, 5.41) is 51.2. The molecule has 16 heteroatoms. The SMILES string of the molecule is O=[N+]([O-])c1cc(CSc2nnc(-c3cc([N+](=O)[O-])cc([N+](=O)[O-])c3)o2)cc([N+](=O)[O-])c1. The Kier molecular flexibility index (Phi) is 5.82. The summed E-state index contributed by atoms with van der Waals surface area (Å²) in [6, 6.07) is 5.97. The largest absolute Gasteiger partial charge is 0.411 e. The highest BCUT2D eigenvalue weighted by molar-refractivity contribution is 7.98. The first kappa shape index (κ1) is 21.2. The van der Waals surface area contributed by atoms with E-state index in [0.717, 1.165) is 48.2 Å². The van der Waals surface area contributed by atoms with Crippen molar-refractivity contribution in [3.05, 3.63) is 82.4 Å². The van der Waals surface area contributed by atoms with Crippen LogP contribution >= 0.6 is 11.8 Å². The standard InChI is InChI=1S/C15H8N6O9S/c22-18(23)10-1-8(2-11(5-10)19(24)25)7-31-15-17-16-14(30-15)9-3-12(20(26)27)6-13(4-9)21(28)29/h1-6H,7H2. The summed E-state index contributed by atoms with van der Waals surface area (Å²) >= 11 is 0.898. The molecule has 3 rings (SSSR count). The molecule has 15 nitrogen and oxygen atoms in total. The monoisotopic (exact) mass is 448 g/mol. The number of benzene rings is 2. The van der Waals surface area contributed by atoms with Crippen LogP contribution in [0.25, 0.3) is 11.5 Å². The first-order chi connectivity index (χ1) is 14.6. The van der Waals surface area contributed by atoms with Gasteiger partial charge in [-0.15, -0.1) is 10.2 Å². The highest BCUT2D eigenvalue weighted by atomic mass is 32.2. The highest BCUT2D eigenvalue weighted by Crippen LogP contribution is 2.32. The van der Waals surface area contributed by atoms with Crippen molar-refractivity contribution in [2.45, 2.75) is 11.0 Å². The number of thioether (sulfide) groups is 1. The second-order valence-electron chi connectivity index (χ2n) is 5.79. The van der Waals surface area contributed by atoms with Gasteiger partial charge in [0.05, 0.1) is 37.4 Å². The molecular weight excluding hydrogens is 440 g/mol. The van der Waals surface area contributed by atoms with Gasteiger partial charge in [0, 0.05) is 30.0 Å². The molecule has 0 aliphatic carbocycles. The first-order valence-electron chi connectivity index (χ1n) is 7.97. The van der Waals surface area contributed by atoms with Crippen molar-refractivity contribution in [1.29, 1.82) is 0 Å². The van der Waals surface area contributed by atoms with Gasteiger partial charge in [0.2, 0.25) is 5.89 Å². The minimum Gasteiger partial charge on any atom is -0.411 e.